The first kappa shape index (κ1) is 32.6. The smallest absolute Gasteiger partial charge is 0.233 e. The van der Waals surface area contributed by atoms with Crippen LogP contribution in [0.5, 0.6) is 5.75 Å². The fourth-order valence-corrected chi connectivity index (χ4v) is 4.64. The van der Waals surface area contributed by atoms with E-state index in [2.05, 4.69) is 41.4 Å². The van der Waals surface area contributed by atoms with Gasteiger partial charge in [0.1, 0.15) is 5.75 Å². The maximum atomic E-state index is 5.57. The molecule has 0 radical (unpaired) electrons. The van der Waals surface area contributed by atoms with E-state index in [1.165, 1.54) is 89.9 Å². The molecule has 0 amide bonds. The summed E-state index contributed by atoms with van der Waals surface area (Å²) in [4.78, 5) is 16.4. The van der Waals surface area contributed by atoms with Gasteiger partial charge in [0.05, 0.1) is 6.61 Å². The van der Waals surface area contributed by atoms with Gasteiger partial charge in [0, 0.05) is 25.8 Å². The predicted molar refractivity (Wildman–Crippen MR) is 168 cm³/mol. The normalized spacial score (nSPS) is 11.0. The first-order valence-electron chi connectivity index (χ1n) is 15.9. The third kappa shape index (κ3) is 15.0. The van der Waals surface area contributed by atoms with Gasteiger partial charge in [-0.15, -0.1) is 0 Å². The second kappa shape index (κ2) is 21.3. The molecule has 1 heterocycles. The zero-order valence-electron chi connectivity index (χ0n) is 25.4. The Balaban J connectivity index is 1.90. The van der Waals surface area contributed by atoms with Crippen molar-refractivity contribution >= 4 is 23.5 Å². The van der Waals surface area contributed by atoms with Crippen LogP contribution in [-0.4, -0.2) is 41.7 Å². The fraction of sp³-hybridized carbons (Fsp3) is 0.719. The molecule has 1 aromatic heterocycles. The monoisotopic (exact) mass is 540 g/mol. The molecule has 0 aliphatic carbocycles. The lowest BCUT2D eigenvalue weighted by Gasteiger charge is -2.19. The molecule has 39 heavy (non-hydrogen) atoms. The molecule has 1 aromatic carbocycles. The zero-order chi connectivity index (χ0) is 28.0. The third-order valence-electron chi connectivity index (χ3n) is 7.05. The first-order chi connectivity index (χ1) is 19.2. The van der Waals surface area contributed by atoms with Crippen molar-refractivity contribution in [3.05, 3.63) is 24.3 Å². The Bertz CT molecular complexity index is 860. The van der Waals surface area contributed by atoms with E-state index in [-0.39, 0.29) is 0 Å². The molecule has 7 nitrogen and oxygen atoms in total. The minimum atomic E-state index is 0.561. The number of aromatic nitrogens is 3. The summed E-state index contributed by atoms with van der Waals surface area (Å²) in [7, 11) is 2.08. The Kier molecular flexibility index (Phi) is 17.8. The van der Waals surface area contributed by atoms with Crippen LogP contribution in [0.2, 0.25) is 0 Å². The number of benzene rings is 1. The Morgan fingerprint density at radius 2 is 1.18 bits per heavy atom. The number of nitrogens with zero attached hydrogens (tertiary/aromatic N) is 4. The summed E-state index contributed by atoms with van der Waals surface area (Å²) in [5, 5.41) is 6.82. The summed E-state index contributed by atoms with van der Waals surface area (Å²) in [5.74, 6) is 2.77. The number of hydrogen-bond donors (Lipinski definition) is 2. The standard InChI is InChI=1S/C32H56N6O/c1-5-8-10-12-14-16-18-20-26-33-30-35-31(34-28-22-24-29(25-23-28)39-7-3)37-32(36-30)38(4)27-21-19-17-15-13-11-9-6-2/h22-25H,5-21,26-27H2,1-4H3,(H2,33,34,35,36,37). The van der Waals surface area contributed by atoms with E-state index >= 15 is 0 Å². The van der Waals surface area contributed by atoms with Crippen LogP contribution in [0.3, 0.4) is 0 Å². The molecule has 2 rings (SSSR count). The Morgan fingerprint density at radius 1 is 0.641 bits per heavy atom. The molecule has 0 bridgehead atoms. The van der Waals surface area contributed by atoms with E-state index < -0.39 is 0 Å². The van der Waals surface area contributed by atoms with E-state index in [4.69, 9.17) is 14.7 Å². The van der Waals surface area contributed by atoms with Gasteiger partial charge in [-0.25, -0.2) is 0 Å². The average molecular weight is 541 g/mol. The van der Waals surface area contributed by atoms with Crippen LogP contribution in [0, 0.1) is 0 Å². The second-order valence-corrected chi connectivity index (χ2v) is 10.7. The molecular formula is C32H56N6O. The number of unbranched alkanes of at least 4 members (excludes halogenated alkanes) is 14. The topological polar surface area (TPSA) is 75.2 Å². The highest BCUT2D eigenvalue weighted by molar-refractivity contribution is 5.56. The lowest BCUT2D eigenvalue weighted by atomic mass is 10.1. The minimum Gasteiger partial charge on any atom is -0.494 e. The van der Waals surface area contributed by atoms with Gasteiger partial charge in [-0.2, -0.15) is 15.0 Å². The van der Waals surface area contributed by atoms with Crippen LogP contribution >= 0.6 is 0 Å². The van der Waals surface area contributed by atoms with Crippen LogP contribution in [-0.2, 0) is 0 Å². The van der Waals surface area contributed by atoms with Gasteiger partial charge in [0.15, 0.2) is 0 Å². The molecule has 2 N–H and O–H groups in total. The van der Waals surface area contributed by atoms with E-state index in [0.29, 0.717) is 24.5 Å². The fourth-order valence-electron chi connectivity index (χ4n) is 4.64. The second-order valence-electron chi connectivity index (χ2n) is 10.7. The molecule has 0 aliphatic heterocycles. The minimum absolute atomic E-state index is 0.561. The largest absolute Gasteiger partial charge is 0.494 e. The lowest BCUT2D eigenvalue weighted by molar-refractivity contribution is 0.340. The Labute approximate surface area is 239 Å². The van der Waals surface area contributed by atoms with E-state index in [9.17, 15) is 0 Å². The quantitative estimate of drug-likeness (QED) is 0.129. The van der Waals surface area contributed by atoms with Crippen molar-refractivity contribution < 1.29 is 4.74 Å². The highest BCUT2D eigenvalue weighted by Gasteiger charge is 2.11. The van der Waals surface area contributed by atoms with Gasteiger partial charge >= 0.3 is 0 Å². The average Bonchev–Trinajstić information content (AvgIpc) is 2.94. The zero-order valence-corrected chi connectivity index (χ0v) is 25.4. The summed E-state index contributed by atoms with van der Waals surface area (Å²) in [6, 6.07) is 7.91. The molecule has 0 fully saturated rings. The van der Waals surface area contributed by atoms with Gasteiger partial charge < -0.3 is 20.3 Å². The summed E-state index contributed by atoms with van der Waals surface area (Å²) in [6.07, 6.45) is 20.9. The molecule has 2 aromatic rings. The van der Waals surface area contributed by atoms with Gasteiger partial charge in [-0.1, -0.05) is 104 Å². The number of rotatable bonds is 24. The molecule has 0 aliphatic rings. The van der Waals surface area contributed by atoms with E-state index in [0.717, 1.165) is 37.4 Å². The Morgan fingerprint density at radius 3 is 1.77 bits per heavy atom. The van der Waals surface area contributed by atoms with Crippen LogP contribution in [0.4, 0.5) is 23.5 Å². The molecule has 0 saturated carbocycles. The molecule has 220 valence electrons. The van der Waals surface area contributed by atoms with Crippen molar-refractivity contribution in [2.75, 3.05) is 42.3 Å². The summed E-state index contributed by atoms with van der Waals surface area (Å²) >= 11 is 0. The maximum absolute atomic E-state index is 5.57. The number of ether oxygens (including phenoxy) is 1. The van der Waals surface area contributed by atoms with Gasteiger partial charge in [0.2, 0.25) is 17.8 Å². The Hall–Kier alpha value is -2.57. The maximum Gasteiger partial charge on any atom is 0.233 e. The molecule has 0 spiro atoms. The SMILES string of the molecule is CCCCCCCCCCNc1nc(Nc2ccc(OCC)cc2)nc(N(C)CCCCCCCCCC)n1. The molecule has 7 heteroatoms. The lowest BCUT2D eigenvalue weighted by Crippen LogP contribution is -2.22. The van der Waals surface area contributed by atoms with Crippen LogP contribution in [0.25, 0.3) is 0 Å². The van der Waals surface area contributed by atoms with Crippen molar-refractivity contribution in [3.63, 3.8) is 0 Å². The predicted octanol–water partition coefficient (Wildman–Crippen LogP) is 9.14. The van der Waals surface area contributed by atoms with E-state index in [1.807, 2.05) is 31.2 Å². The van der Waals surface area contributed by atoms with Crippen LogP contribution in [0.15, 0.2) is 24.3 Å². The summed E-state index contributed by atoms with van der Waals surface area (Å²) in [5.41, 5.74) is 0.926. The first-order valence-corrected chi connectivity index (χ1v) is 15.9. The highest BCUT2D eigenvalue weighted by atomic mass is 16.5. The van der Waals surface area contributed by atoms with Crippen molar-refractivity contribution in [2.45, 2.75) is 124 Å². The third-order valence-corrected chi connectivity index (χ3v) is 7.05. The van der Waals surface area contributed by atoms with E-state index in [1.54, 1.807) is 0 Å². The highest BCUT2D eigenvalue weighted by Crippen LogP contribution is 2.21. The number of anilines is 4. The van der Waals surface area contributed by atoms with Crippen LogP contribution in [0.1, 0.15) is 124 Å². The molecule has 0 unspecified atom stereocenters. The van der Waals surface area contributed by atoms with Crippen molar-refractivity contribution in [2.24, 2.45) is 0 Å². The molecule has 0 saturated heterocycles. The van der Waals surface area contributed by atoms with Crippen LogP contribution < -0.4 is 20.3 Å². The summed E-state index contributed by atoms with van der Waals surface area (Å²) < 4.78 is 5.57. The molecular weight excluding hydrogens is 484 g/mol. The summed E-state index contributed by atoms with van der Waals surface area (Å²) in [6.45, 7) is 9.01. The number of hydrogen-bond acceptors (Lipinski definition) is 7. The van der Waals surface area contributed by atoms with Crippen molar-refractivity contribution in [1.29, 1.82) is 0 Å². The van der Waals surface area contributed by atoms with Crippen molar-refractivity contribution in [1.82, 2.24) is 15.0 Å². The molecule has 0 atom stereocenters. The van der Waals surface area contributed by atoms with Gasteiger partial charge in [-0.3, -0.25) is 0 Å². The number of nitrogens with one attached hydrogen (secondary N) is 2. The van der Waals surface area contributed by atoms with Gasteiger partial charge in [-0.05, 0) is 44.0 Å². The van der Waals surface area contributed by atoms with Gasteiger partial charge in [0.25, 0.3) is 0 Å². The van der Waals surface area contributed by atoms with Crippen molar-refractivity contribution in [3.8, 4) is 5.75 Å².